The Balaban J connectivity index is 1.52. The minimum Gasteiger partial charge on any atom is -0.340 e. The topological polar surface area (TPSA) is 68.0 Å². The van der Waals surface area contributed by atoms with Crippen molar-refractivity contribution in [3.05, 3.63) is 123 Å². The Kier molecular flexibility index (Phi) is 6.77. The van der Waals surface area contributed by atoms with E-state index in [9.17, 15) is 4.79 Å². The van der Waals surface area contributed by atoms with Crippen molar-refractivity contribution >= 4 is 28.8 Å². The minimum atomic E-state index is -0.311. The molecule has 0 saturated heterocycles. The van der Waals surface area contributed by atoms with Crippen LogP contribution in [-0.4, -0.2) is 10.9 Å². The highest BCUT2D eigenvalue weighted by Crippen LogP contribution is 2.25. The van der Waals surface area contributed by atoms with Gasteiger partial charge in [-0.1, -0.05) is 84.4 Å². The molecule has 4 nitrogen and oxygen atoms in total. The van der Waals surface area contributed by atoms with Gasteiger partial charge in [-0.2, -0.15) is 0 Å². The van der Waals surface area contributed by atoms with E-state index in [4.69, 9.17) is 17.3 Å². The fraction of sp³-hybridized carbons (Fsp3) is 0.120. The second-order valence-corrected chi connectivity index (χ2v) is 8.56. The van der Waals surface area contributed by atoms with Gasteiger partial charge in [0.1, 0.15) is 10.7 Å². The van der Waals surface area contributed by atoms with Gasteiger partial charge in [0.2, 0.25) is 0 Å². The highest BCUT2D eigenvalue weighted by atomic mass is 35.5. The summed E-state index contributed by atoms with van der Waals surface area (Å²) in [7, 11) is 0. The van der Waals surface area contributed by atoms with E-state index in [0.29, 0.717) is 17.1 Å². The average molecular weight is 448 g/mol. The molecule has 4 rings (SSSR count). The zero-order valence-corrected chi connectivity index (χ0v) is 18.3. The van der Waals surface area contributed by atoms with E-state index in [-0.39, 0.29) is 18.0 Å². The van der Waals surface area contributed by atoms with E-state index in [2.05, 4.69) is 10.3 Å². The predicted molar refractivity (Wildman–Crippen MR) is 126 cm³/mol. The molecule has 0 aliphatic carbocycles. The minimum absolute atomic E-state index is 0.238. The number of rotatable bonds is 7. The molecular formula is C25H22ClN3OS. The first kappa shape index (κ1) is 21.2. The van der Waals surface area contributed by atoms with Crippen molar-refractivity contribution < 1.29 is 4.79 Å². The van der Waals surface area contributed by atoms with Crippen molar-refractivity contribution in [3.63, 3.8) is 0 Å². The Morgan fingerprint density at radius 1 is 0.935 bits per heavy atom. The van der Waals surface area contributed by atoms with Crippen LogP contribution >= 0.6 is 22.9 Å². The van der Waals surface area contributed by atoms with Crippen molar-refractivity contribution in [3.8, 4) is 0 Å². The highest BCUT2D eigenvalue weighted by Gasteiger charge is 2.21. The van der Waals surface area contributed by atoms with Gasteiger partial charge in [0.15, 0.2) is 0 Å². The Bertz CT molecular complexity index is 1130. The summed E-state index contributed by atoms with van der Waals surface area (Å²) in [4.78, 5) is 17.6. The fourth-order valence-electron chi connectivity index (χ4n) is 3.38. The van der Waals surface area contributed by atoms with Crippen LogP contribution in [0.2, 0.25) is 5.02 Å². The lowest BCUT2D eigenvalue weighted by Gasteiger charge is -2.19. The number of aromatic nitrogens is 1. The summed E-state index contributed by atoms with van der Waals surface area (Å²) in [6.07, 6.45) is 0.673. The number of nitrogens with one attached hydrogen (secondary N) is 1. The van der Waals surface area contributed by atoms with Gasteiger partial charge in [0.25, 0.3) is 5.91 Å². The number of carbonyl (C=O) groups excluding carboxylic acids is 1. The molecular weight excluding hydrogens is 426 g/mol. The number of benzene rings is 3. The molecule has 156 valence electrons. The van der Waals surface area contributed by atoms with Gasteiger partial charge in [0.05, 0.1) is 12.1 Å². The van der Waals surface area contributed by atoms with Crippen molar-refractivity contribution in [2.75, 3.05) is 0 Å². The van der Waals surface area contributed by atoms with Gasteiger partial charge in [-0.15, -0.1) is 11.3 Å². The summed E-state index contributed by atoms with van der Waals surface area (Å²) in [6.45, 7) is 0. The molecule has 1 aromatic heterocycles. The molecule has 4 aromatic rings. The number of nitrogens with zero attached hydrogens (tertiary/aromatic N) is 1. The van der Waals surface area contributed by atoms with Crippen LogP contribution in [0.1, 0.15) is 44.3 Å². The Morgan fingerprint density at radius 2 is 1.55 bits per heavy atom. The maximum Gasteiger partial charge on any atom is 0.271 e. The van der Waals surface area contributed by atoms with Crippen LogP contribution in [0.15, 0.2) is 90.3 Å². The van der Waals surface area contributed by atoms with Gasteiger partial charge < -0.3 is 11.1 Å². The van der Waals surface area contributed by atoms with Crippen molar-refractivity contribution in [1.29, 1.82) is 0 Å². The van der Waals surface area contributed by atoms with E-state index in [1.165, 1.54) is 11.3 Å². The molecule has 2 atom stereocenters. The second-order valence-electron chi connectivity index (χ2n) is 7.24. The van der Waals surface area contributed by atoms with E-state index < -0.39 is 0 Å². The lowest BCUT2D eigenvalue weighted by atomic mass is 9.98. The van der Waals surface area contributed by atoms with Gasteiger partial charge in [-0.05, 0) is 35.2 Å². The molecule has 0 saturated carbocycles. The van der Waals surface area contributed by atoms with Crippen LogP contribution in [0.25, 0.3) is 0 Å². The molecule has 3 N–H and O–H groups in total. The van der Waals surface area contributed by atoms with Crippen molar-refractivity contribution in [1.82, 2.24) is 10.3 Å². The molecule has 0 radical (unpaired) electrons. The molecule has 0 fully saturated rings. The summed E-state index contributed by atoms with van der Waals surface area (Å²) in [6, 6.07) is 26.8. The lowest BCUT2D eigenvalue weighted by molar-refractivity contribution is 0.0938. The Hall–Kier alpha value is -2.99. The number of hydrogen-bond donors (Lipinski definition) is 2. The fourth-order valence-corrected chi connectivity index (χ4v) is 4.31. The van der Waals surface area contributed by atoms with E-state index in [1.54, 1.807) is 5.38 Å². The second kappa shape index (κ2) is 9.88. The van der Waals surface area contributed by atoms with Crippen molar-refractivity contribution in [2.45, 2.75) is 18.5 Å². The lowest BCUT2D eigenvalue weighted by Crippen LogP contribution is -2.29. The van der Waals surface area contributed by atoms with E-state index >= 15 is 0 Å². The number of hydrogen-bond acceptors (Lipinski definition) is 4. The average Bonchev–Trinajstić information content (AvgIpc) is 3.30. The third-order valence-electron chi connectivity index (χ3n) is 4.98. The third kappa shape index (κ3) is 5.39. The highest BCUT2D eigenvalue weighted by molar-refractivity contribution is 7.09. The summed E-state index contributed by atoms with van der Waals surface area (Å²) < 4.78 is 0. The van der Waals surface area contributed by atoms with Crippen LogP contribution < -0.4 is 11.1 Å². The molecule has 0 spiro atoms. The molecule has 1 amide bonds. The monoisotopic (exact) mass is 447 g/mol. The third-order valence-corrected chi connectivity index (χ3v) is 6.21. The number of carbonyl (C=O) groups is 1. The summed E-state index contributed by atoms with van der Waals surface area (Å²) >= 11 is 7.46. The quantitative estimate of drug-likeness (QED) is 0.389. The standard InChI is InChI=1S/C25H22ClN3OS/c26-20-13-11-19(12-14-20)23(18-9-5-2-6-10-18)29-24(30)22-16-31-25(28-22)21(27)15-17-7-3-1-4-8-17/h1-14,16,21,23H,15,27H2,(H,29,30). The Morgan fingerprint density at radius 3 is 2.23 bits per heavy atom. The maximum atomic E-state index is 13.0. The molecule has 3 aromatic carbocycles. The maximum absolute atomic E-state index is 13.0. The van der Waals surface area contributed by atoms with Gasteiger partial charge in [0, 0.05) is 10.4 Å². The van der Waals surface area contributed by atoms with Crippen LogP contribution in [0.4, 0.5) is 0 Å². The molecule has 31 heavy (non-hydrogen) atoms. The predicted octanol–water partition coefficient (Wildman–Crippen LogP) is 5.56. The van der Waals surface area contributed by atoms with E-state index in [0.717, 1.165) is 21.7 Å². The first-order valence-corrected chi connectivity index (χ1v) is 11.2. The van der Waals surface area contributed by atoms with Crippen LogP contribution in [0, 0.1) is 0 Å². The molecule has 2 unspecified atom stereocenters. The first-order chi connectivity index (χ1) is 15.1. The van der Waals surface area contributed by atoms with E-state index in [1.807, 2.05) is 84.9 Å². The zero-order valence-electron chi connectivity index (χ0n) is 16.7. The van der Waals surface area contributed by atoms with Gasteiger partial charge in [-0.25, -0.2) is 4.98 Å². The van der Waals surface area contributed by atoms with Gasteiger partial charge in [-0.3, -0.25) is 4.79 Å². The molecule has 0 aliphatic heterocycles. The molecule has 0 aliphatic rings. The smallest absolute Gasteiger partial charge is 0.271 e. The number of amides is 1. The summed E-state index contributed by atoms with van der Waals surface area (Å²) in [5.74, 6) is -0.238. The zero-order chi connectivity index (χ0) is 21.6. The van der Waals surface area contributed by atoms with Crippen LogP contribution in [-0.2, 0) is 6.42 Å². The van der Waals surface area contributed by atoms with Gasteiger partial charge >= 0.3 is 0 Å². The number of nitrogens with two attached hydrogens (primary N) is 1. The summed E-state index contributed by atoms with van der Waals surface area (Å²) in [5.41, 5.74) is 9.78. The summed E-state index contributed by atoms with van der Waals surface area (Å²) in [5, 5.41) is 6.27. The number of halogens is 1. The molecule has 6 heteroatoms. The molecule has 1 heterocycles. The number of thiazole rings is 1. The van der Waals surface area contributed by atoms with Crippen LogP contribution in [0.3, 0.4) is 0 Å². The first-order valence-electron chi connectivity index (χ1n) is 9.96. The van der Waals surface area contributed by atoms with Crippen LogP contribution in [0.5, 0.6) is 0 Å². The Labute approximate surface area is 190 Å². The largest absolute Gasteiger partial charge is 0.340 e. The normalized spacial score (nSPS) is 12.8. The SMILES string of the molecule is NC(Cc1ccccc1)c1nc(C(=O)NC(c2ccccc2)c2ccc(Cl)cc2)cs1. The molecule has 0 bridgehead atoms. The van der Waals surface area contributed by atoms with Crippen molar-refractivity contribution in [2.24, 2.45) is 5.73 Å².